The topological polar surface area (TPSA) is 94.8 Å². The lowest BCUT2D eigenvalue weighted by atomic mass is 9.45. The van der Waals surface area contributed by atoms with Gasteiger partial charge in [-0.3, -0.25) is 9.59 Å². The molecule has 7 atom stereocenters. The van der Waals surface area contributed by atoms with Crippen LogP contribution in [0.1, 0.15) is 40.0 Å². The number of allylic oxidation sites excluding steroid dienone is 6. The molecule has 2 saturated carbocycles. The summed E-state index contributed by atoms with van der Waals surface area (Å²) in [4.78, 5) is 24.3. The van der Waals surface area contributed by atoms with Crippen LogP contribution in [0.25, 0.3) is 0 Å². The Balaban J connectivity index is 1.90. The molecule has 4 aliphatic rings. The van der Waals surface area contributed by atoms with Crippen LogP contribution in [0.15, 0.2) is 35.5 Å². The summed E-state index contributed by atoms with van der Waals surface area (Å²) in [6.07, 6.45) is 5.12. The maximum Gasteiger partial charge on any atom is 0.190 e. The number of hydrogen-bond donors (Lipinski definition) is 3. The molecule has 0 bridgehead atoms. The highest BCUT2D eigenvalue weighted by molar-refractivity contribution is 6.02. The second-order valence-corrected chi connectivity index (χ2v) is 9.36. The Morgan fingerprint density at radius 2 is 2.04 bits per heavy atom. The third kappa shape index (κ3) is 2.01. The van der Waals surface area contributed by atoms with E-state index in [1.807, 2.05) is 6.92 Å². The summed E-state index contributed by atoms with van der Waals surface area (Å²) in [6.45, 7) is 4.47. The van der Waals surface area contributed by atoms with E-state index < -0.39 is 46.5 Å². The Morgan fingerprint density at radius 3 is 2.68 bits per heavy atom. The number of alkyl halides is 1. The molecule has 0 heterocycles. The molecule has 5 nitrogen and oxygen atoms in total. The van der Waals surface area contributed by atoms with Crippen LogP contribution in [-0.4, -0.2) is 50.9 Å². The fraction of sp³-hybridized carbons (Fsp3) is 0.636. The molecular weight excluding hydrogens is 363 g/mol. The predicted octanol–water partition coefficient (Wildman–Crippen LogP) is 1.82. The number of ketones is 2. The van der Waals surface area contributed by atoms with E-state index in [-0.39, 0.29) is 24.5 Å². The number of halogens is 1. The number of rotatable bonds is 2. The summed E-state index contributed by atoms with van der Waals surface area (Å²) >= 11 is 0. The monoisotopic (exact) mass is 390 g/mol. The largest absolute Gasteiger partial charge is 0.390 e. The van der Waals surface area contributed by atoms with Gasteiger partial charge < -0.3 is 15.3 Å². The highest BCUT2D eigenvalue weighted by Gasteiger charge is 2.73. The van der Waals surface area contributed by atoms with Gasteiger partial charge in [0.05, 0.1) is 6.10 Å². The van der Waals surface area contributed by atoms with Crippen LogP contribution < -0.4 is 0 Å². The smallest absolute Gasteiger partial charge is 0.190 e. The summed E-state index contributed by atoms with van der Waals surface area (Å²) in [5, 5.41) is 31.6. The van der Waals surface area contributed by atoms with Gasteiger partial charge in [0.2, 0.25) is 0 Å². The number of carbonyl (C=O) groups excluding carboxylic acids is 2. The van der Waals surface area contributed by atoms with E-state index in [0.717, 1.165) is 5.57 Å². The second kappa shape index (κ2) is 5.71. The highest BCUT2D eigenvalue weighted by Crippen LogP contribution is 2.69. The fourth-order valence-electron chi connectivity index (χ4n) is 6.65. The SMILES string of the molecule is CC1=C[C@H]2[C@@H]3CC[C@](O)(C(=O)CO)[C@@]3(C)C[C@H](O)[C@]2(F)[C@@]2(C)C=CC(=O)C=C12. The van der Waals surface area contributed by atoms with Crippen molar-refractivity contribution in [3.05, 3.63) is 35.5 Å². The highest BCUT2D eigenvalue weighted by atomic mass is 19.1. The van der Waals surface area contributed by atoms with Gasteiger partial charge in [0.1, 0.15) is 12.2 Å². The van der Waals surface area contributed by atoms with Crippen LogP contribution in [0, 0.1) is 22.7 Å². The van der Waals surface area contributed by atoms with Gasteiger partial charge >= 0.3 is 0 Å². The zero-order valence-corrected chi connectivity index (χ0v) is 16.4. The molecule has 2 fully saturated rings. The van der Waals surface area contributed by atoms with E-state index in [1.165, 1.54) is 12.2 Å². The first-order chi connectivity index (χ1) is 13.0. The zero-order valence-electron chi connectivity index (χ0n) is 16.4. The summed E-state index contributed by atoms with van der Waals surface area (Å²) in [7, 11) is 0. The molecule has 4 aliphatic carbocycles. The second-order valence-electron chi connectivity index (χ2n) is 9.36. The number of carbonyl (C=O) groups is 2. The minimum Gasteiger partial charge on any atom is -0.390 e. The van der Waals surface area contributed by atoms with Crippen molar-refractivity contribution in [2.75, 3.05) is 6.61 Å². The van der Waals surface area contributed by atoms with E-state index in [9.17, 15) is 24.9 Å². The van der Waals surface area contributed by atoms with Gasteiger partial charge in [-0.05, 0) is 56.8 Å². The lowest BCUT2D eigenvalue weighted by Gasteiger charge is -2.61. The van der Waals surface area contributed by atoms with E-state index in [2.05, 4.69) is 0 Å². The standard InChI is InChI=1S/C22H27FO5/c1-12-8-16-14-5-7-21(28,18(27)11-24)20(14,3)10-17(26)22(16,23)19(2)6-4-13(25)9-15(12)19/h4,6,8-9,14,16-17,24,26,28H,5,7,10-11H2,1-3H3/t14-,16-,17-,19-,20-,21-,22-/m0/s1. The van der Waals surface area contributed by atoms with Crippen LogP contribution in [0.3, 0.4) is 0 Å². The molecule has 28 heavy (non-hydrogen) atoms. The molecule has 0 aromatic carbocycles. The predicted molar refractivity (Wildman–Crippen MR) is 99.9 cm³/mol. The third-order valence-corrected chi connectivity index (χ3v) is 8.28. The summed E-state index contributed by atoms with van der Waals surface area (Å²) in [5.74, 6) is -1.98. The fourth-order valence-corrected chi connectivity index (χ4v) is 6.65. The van der Waals surface area contributed by atoms with Gasteiger partial charge in [-0.1, -0.05) is 24.6 Å². The van der Waals surface area contributed by atoms with E-state index >= 15 is 4.39 Å². The molecule has 0 aliphatic heterocycles. The average Bonchev–Trinajstić information content (AvgIpc) is 2.91. The molecule has 0 unspecified atom stereocenters. The maximum absolute atomic E-state index is 16.9. The number of aliphatic hydroxyl groups excluding tert-OH is 2. The third-order valence-electron chi connectivity index (χ3n) is 8.28. The first-order valence-corrected chi connectivity index (χ1v) is 9.83. The van der Waals surface area contributed by atoms with Gasteiger partial charge in [0, 0.05) is 16.7 Å². The van der Waals surface area contributed by atoms with Gasteiger partial charge in [0.15, 0.2) is 17.2 Å². The molecule has 0 aromatic heterocycles. The minimum atomic E-state index is -2.06. The molecule has 6 heteroatoms. The molecule has 0 radical (unpaired) electrons. The van der Waals surface area contributed by atoms with Crippen LogP contribution >= 0.6 is 0 Å². The lowest BCUT2D eigenvalue weighted by Crippen LogP contribution is -2.68. The van der Waals surface area contributed by atoms with Crippen molar-refractivity contribution in [2.24, 2.45) is 22.7 Å². The van der Waals surface area contributed by atoms with Crippen LogP contribution in [-0.2, 0) is 9.59 Å². The maximum atomic E-state index is 16.9. The number of Topliss-reactive ketones (excluding diaryl/α,β-unsaturated/α-hetero) is 1. The zero-order chi connectivity index (χ0) is 20.7. The number of aliphatic hydroxyl groups is 3. The van der Waals surface area contributed by atoms with E-state index in [0.29, 0.717) is 12.0 Å². The van der Waals surface area contributed by atoms with Gasteiger partial charge in [-0.2, -0.15) is 0 Å². The van der Waals surface area contributed by atoms with Crippen LogP contribution in [0.5, 0.6) is 0 Å². The van der Waals surface area contributed by atoms with Crippen molar-refractivity contribution >= 4 is 11.6 Å². The molecule has 152 valence electrons. The van der Waals surface area contributed by atoms with E-state index in [1.54, 1.807) is 26.0 Å². The first kappa shape index (κ1) is 19.7. The quantitative estimate of drug-likeness (QED) is 0.669. The minimum absolute atomic E-state index is 0.0928. The van der Waals surface area contributed by atoms with Crippen LogP contribution in [0.2, 0.25) is 0 Å². The Hall–Kier alpha value is -1.63. The average molecular weight is 390 g/mol. The lowest BCUT2D eigenvalue weighted by molar-refractivity contribution is -0.202. The Kier molecular flexibility index (Phi) is 4.01. The number of fused-ring (bicyclic) bond motifs is 5. The van der Waals surface area contributed by atoms with Gasteiger partial charge in [-0.15, -0.1) is 0 Å². The van der Waals surface area contributed by atoms with Crippen LogP contribution in [0.4, 0.5) is 4.39 Å². The summed E-state index contributed by atoms with van der Waals surface area (Å²) in [6, 6.07) is 0. The molecule has 0 amide bonds. The normalized spacial score (nSPS) is 49.7. The molecule has 3 N–H and O–H groups in total. The molecule has 4 rings (SSSR count). The Morgan fingerprint density at radius 1 is 1.36 bits per heavy atom. The van der Waals surface area contributed by atoms with E-state index in [4.69, 9.17) is 0 Å². The van der Waals surface area contributed by atoms with Crippen molar-refractivity contribution in [3.63, 3.8) is 0 Å². The molecular formula is C22H27FO5. The summed E-state index contributed by atoms with van der Waals surface area (Å²) in [5.41, 5.74) is -4.72. The van der Waals surface area contributed by atoms with Crippen molar-refractivity contribution in [1.29, 1.82) is 0 Å². The van der Waals surface area contributed by atoms with Crippen molar-refractivity contribution in [2.45, 2.75) is 57.4 Å². The Labute approximate surface area is 163 Å². The molecule has 0 spiro atoms. The summed E-state index contributed by atoms with van der Waals surface area (Å²) < 4.78 is 16.9. The molecule has 0 aromatic rings. The van der Waals surface area contributed by atoms with Crippen molar-refractivity contribution in [1.82, 2.24) is 0 Å². The van der Waals surface area contributed by atoms with Gasteiger partial charge in [0.25, 0.3) is 0 Å². The molecule has 0 saturated heterocycles. The van der Waals surface area contributed by atoms with Gasteiger partial charge in [-0.25, -0.2) is 4.39 Å². The van der Waals surface area contributed by atoms with Crippen molar-refractivity contribution in [3.8, 4) is 0 Å². The number of hydrogen-bond acceptors (Lipinski definition) is 5. The Bertz CT molecular complexity index is 859. The van der Waals surface area contributed by atoms with Crippen molar-refractivity contribution < 1.29 is 29.3 Å². The first-order valence-electron chi connectivity index (χ1n) is 9.83.